The Bertz CT molecular complexity index is 153. The third-order valence-corrected chi connectivity index (χ3v) is 3.75. The van der Waals surface area contributed by atoms with Gasteiger partial charge in [0.15, 0.2) is 0 Å². The van der Waals surface area contributed by atoms with Crippen LogP contribution in [0.25, 0.3) is 0 Å². The van der Waals surface area contributed by atoms with Crippen molar-refractivity contribution in [2.24, 2.45) is 0 Å². The van der Waals surface area contributed by atoms with Crippen LogP contribution in [0.3, 0.4) is 0 Å². The molecule has 0 radical (unpaired) electrons. The van der Waals surface area contributed by atoms with Gasteiger partial charge in [-0.3, -0.25) is 4.57 Å². The highest BCUT2D eigenvalue weighted by molar-refractivity contribution is 7.53. The van der Waals surface area contributed by atoms with Crippen LogP contribution in [0.1, 0.15) is 26.7 Å². The van der Waals surface area contributed by atoms with Crippen LogP contribution in [0, 0.1) is 0 Å². The Morgan fingerprint density at radius 3 is 2.08 bits per heavy atom. The van der Waals surface area contributed by atoms with Crippen molar-refractivity contribution in [1.82, 2.24) is 0 Å². The molecule has 0 unspecified atom stereocenters. The molecule has 0 aromatic carbocycles. The summed E-state index contributed by atoms with van der Waals surface area (Å²) >= 11 is 0. The maximum Gasteiger partial charge on any atom is 0.330 e. The molecule has 3 N–H and O–H groups in total. The second-order valence-electron chi connectivity index (χ2n) is 2.73. The van der Waals surface area contributed by atoms with Gasteiger partial charge in [-0.25, -0.2) is 0 Å². The van der Waals surface area contributed by atoms with Crippen LogP contribution in [0.2, 0.25) is 0 Å². The maximum absolute atomic E-state index is 11.8. The average Bonchev–Trinajstić information content (AvgIpc) is 2.05. The third kappa shape index (κ3) is 6.22. The summed E-state index contributed by atoms with van der Waals surface area (Å²) < 4.78 is 22.1. The van der Waals surface area contributed by atoms with Gasteiger partial charge < -0.3 is 14.8 Å². The number of unbranched alkanes of at least 4 members (excludes halogenated alkanes) is 1. The van der Waals surface area contributed by atoms with Gasteiger partial charge in [0, 0.05) is 0 Å². The lowest BCUT2D eigenvalue weighted by molar-refractivity contribution is -0.368. The van der Waals surface area contributed by atoms with Gasteiger partial charge in [-0.05, 0) is 26.7 Å². The van der Waals surface area contributed by atoms with E-state index in [-0.39, 0.29) is 0 Å². The fourth-order valence-electron chi connectivity index (χ4n) is 1.04. The van der Waals surface area contributed by atoms with E-state index in [9.17, 15) is 4.57 Å². The van der Waals surface area contributed by atoms with Crippen molar-refractivity contribution < 1.29 is 19.3 Å². The first-order chi connectivity index (χ1) is 6.18. The second kappa shape index (κ2) is 7.51. The molecule has 0 fully saturated rings. The zero-order valence-corrected chi connectivity index (χ0v) is 9.52. The molecule has 0 aliphatic heterocycles. The highest BCUT2D eigenvalue weighted by Crippen LogP contribution is 2.48. The fourth-order valence-corrected chi connectivity index (χ4v) is 2.77. The molecule has 0 aliphatic carbocycles. The SMILES string of the molecule is CCOP(=O)(CCCC[NH3+])OCC. The summed E-state index contributed by atoms with van der Waals surface area (Å²) in [5.74, 6) is 0. The lowest BCUT2D eigenvalue weighted by atomic mass is 10.3. The number of hydrogen-bond donors (Lipinski definition) is 1. The molecule has 0 aromatic heterocycles. The predicted molar refractivity (Wildman–Crippen MR) is 52.7 cm³/mol. The van der Waals surface area contributed by atoms with Crippen LogP contribution < -0.4 is 5.73 Å². The summed E-state index contributed by atoms with van der Waals surface area (Å²) in [6.45, 7) is 5.42. The molecule has 0 atom stereocenters. The Kier molecular flexibility index (Phi) is 7.57. The van der Waals surface area contributed by atoms with E-state index >= 15 is 0 Å². The van der Waals surface area contributed by atoms with E-state index in [1.807, 2.05) is 13.8 Å². The van der Waals surface area contributed by atoms with Crippen molar-refractivity contribution in [3.8, 4) is 0 Å². The molecule has 80 valence electrons. The van der Waals surface area contributed by atoms with E-state index < -0.39 is 7.60 Å². The van der Waals surface area contributed by atoms with E-state index in [2.05, 4.69) is 5.73 Å². The van der Waals surface area contributed by atoms with E-state index in [4.69, 9.17) is 9.05 Å². The number of quaternary nitrogens is 1. The van der Waals surface area contributed by atoms with Crippen LogP contribution >= 0.6 is 7.60 Å². The van der Waals surface area contributed by atoms with Crippen molar-refractivity contribution in [2.75, 3.05) is 25.9 Å². The first-order valence-corrected chi connectivity index (χ1v) is 6.58. The average molecular weight is 210 g/mol. The molecule has 0 heterocycles. The summed E-state index contributed by atoms with van der Waals surface area (Å²) in [6.07, 6.45) is 2.36. The molecule has 0 aromatic rings. The van der Waals surface area contributed by atoms with Gasteiger partial charge in [0.05, 0.1) is 25.9 Å². The quantitative estimate of drug-likeness (QED) is 0.484. The van der Waals surface area contributed by atoms with Crippen LogP contribution in [0.15, 0.2) is 0 Å². The normalized spacial score (nSPS) is 11.9. The van der Waals surface area contributed by atoms with Gasteiger partial charge in [-0.15, -0.1) is 0 Å². The van der Waals surface area contributed by atoms with Gasteiger partial charge in [-0.1, -0.05) is 0 Å². The molecule has 0 saturated carbocycles. The van der Waals surface area contributed by atoms with Gasteiger partial charge >= 0.3 is 7.60 Å². The zero-order valence-electron chi connectivity index (χ0n) is 8.62. The molecular formula is C8H21NO3P+. The smallest absolute Gasteiger partial charge is 0.330 e. The monoisotopic (exact) mass is 210 g/mol. The number of hydrogen-bond acceptors (Lipinski definition) is 3. The van der Waals surface area contributed by atoms with Crippen LogP contribution in [0.5, 0.6) is 0 Å². The van der Waals surface area contributed by atoms with E-state index in [1.54, 1.807) is 0 Å². The maximum atomic E-state index is 11.8. The van der Waals surface area contributed by atoms with Crippen molar-refractivity contribution in [2.45, 2.75) is 26.7 Å². The first-order valence-electron chi connectivity index (χ1n) is 4.86. The molecule has 4 nitrogen and oxygen atoms in total. The molecule has 5 heteroatoms. The Hall–Kier alpha value is 0.110. The molecule has 0 aliphatic rings. The number of rotatable bonds is 8. The first kappa shape index (κ1) is 13.1. The minimum Gasteiger partial charge on any atom is -0.358 e. The highest BCUT2D eigenvalue weighted by Gasteiger charge is 2.22. The largest absolute Gasteiger partial charge is 0.358 e. The van der Waals surface area contributed by atoms with Crippen molar-refractivity contribution >= 4 is 7.60 Å². The van der Waals surface area contributed by atoms with Crippen molar-refractivity contribution in [3.05, 3.63) is 0 Å². The van der Waals surface area contributed by atoms with E-state index in [0.29, 0.717) is 19.4 Å². The lowest BCUT2D eigenvalue weighted by Gasteiger charge is -2.16. The summed E-state index contributed by atoms with van der Waals surface area (Å²) in [5.41, 5.74) is 3.73. The molecule has 0 spiro atoms. The van der Waals surface area contributed by atoms with Gasteiger partial charge in [-0.2, -0.15) is 0 Å². The Labute approximate surface area is 80.3 Å². The minimum atomic E-state index is -2.78. The topological polar surface area (TPSA) is 63.2 Å². The molecule has 0 amide bonds. The van der Waals surface area contributed by atoms with Gasteiger partial charge in [0.25, 0.3) is 0 Å². The molecular weight excluding hydrogens is 189 g/mol. The third-order valence-electron chi connectivity index (χ3n) is 1.58. The fraction of sp³-hybridized carbons (Fsp3) is 1.00. The Morgan fingerprint density at radius 1 is 1.15 bits per heavy atom. The summed E-state index contributed by atoms with van der Waals surface area (Å²) in [5, 5.41) is 0. The van der Waals surface area contributed by atoms with Gasteiger partial charge in [0.1, 0.15) is 0 Å². The van der Waals surface area contributed by atoms with Crippen LogP contribution in [-0.4, -0.2) is 25.9 Å². The van der Waals surface area contributed by atoms with Gasteiger partial charge in [0.2, 0.25) is 0 Å². The van der Waals surface area contributed by atoms with Crippen LogP contribution in [-0.2, 0) is 13.6 Å². The standard InChI is InChI=1S/C8H20NO3P/c1-3-11-13(10,12-4-2)8-6-5-7-9/h3-9H2,1-2H3/p+1. The highest BCUT2D eigenvalue weighted by atomic mass is 31.2. The minimum absolute atomic E-state index is 0.446. The molecule has 0 rings (SSSR count). The second-order valence-corrected chi connectivity index (χ2v) is 4.92. The lowest BCUT2D eigenvalue weighted by Crippen LogP contribution is -2.50. The van der Waals surface area contributed by atoms with Crippen LogP contribution in [0.4, 0.5) is 0 Å². The molecule has 13 heavy (non-hydrogen) atoms. The molecule has 0 saturated heterocycles. The van der Waals surface area contributed by atoms with E-state index in [0.717, 1.165) is 19.4 Å². The Balaban J connectivity index is 3.85. The van der Waals surface area contributed by atoms with Crippen molar-refractivity contribution in [3.63, 3.8) is 0 Å². The molecule has 0 bridgehead atoms. The summed E-state index contributed by atoms with van der Waals surface area (Å²) in [6, 6.07) is 0. The van der Waals surface area contributed by atoms with E-state index in [1.165, 1.54) is 0 Å². The van der Waals surface area contributed by atoms with Crippen molar-refractivity contribution in [1.29, 1.82) is 0 Å². The predicted octanol–water partition coefficient (Wildman–Crippen LogP) is 1.27. The summed E-state index contributed by atoms with van der Waals surface area (Å²) in [4.78, 5) is 0. The Morgan fingerprint density at radius 2 is 1.69 bits per heavy atom. The summed E-state index contributed by atoms with van der Waals surface area (Å²) in [7, 11) is -2.78. The zero-order chi connectivity index (χ0) is 10.2.